The molecule has 21 heavy (non-hydrogen) atoms. The lowest BCUT2D eigenvalue weighted by Crippen LogP contribution is -2.24. The molecule has 0 spiro atoms. The van der Waals surface area contributed by atoms with Gasteiger partial charge in [0.05, 0.1) is 22.9 Å². The van der Waals surface area contributed by atoms with Gasteiger partial charge in [0.25, 0.3) is 0 Å². The maximum atomic E-state index is 12.5. The molecular formula is C15H12Cl2N2O2. The molecule has 0 radical (unpaired) electrons. The average molecular weight is 323 g/mol. The minimum absolute atomic E-state index is 0.0494. The maximum absolute atomic E-state index is 12.5. The van der Waals surface area contributed by atoms with Crippen molar-refractivity contribution < 1.29 is 5.11 Å². The van der Waals surface area contributed by atoms with E-state index in [-0.39, 0.29) is 17.4 Å². The number of benzene rings is 1. The first-order chi connectivity index (χ1) is 10.0. The number of rotatable bonds is 4. The fraction of sp³-hybridized carbons (Fsp3) is 0.133. The molecule has 2 aromatic rings. The molecule has 0 bridgehead atoms. The summed E-state index contributed by atoms with van der Waals surface area (Å²) in [5, 5.41) is 11.0. The molecule has 0 aliphatic rings. The van der Waals surface area contributed by atoms with Crippen molar-refractivity contribution in [2.45, 2.75) is 13.0 Å². The lowest BCUT2D eigenvalue weighted by atomic mass is 10.3. The van der Waals surface area contributed by atoms with Crippen molar-refractivity contribution in [2.75, 3.05) is 0 Å². The van der Waals surface area contributed by atoms with Gasteiger partial charge < -0.3 is 5.11 Å². The van der Waals surface area contributed by atoms with Crippen LogP contribution >= 0.6 is 23.2 Å². The van der Waals surface area contributed by atoms with Gasteiger partial charge in [0.1, 0.15) is 0 Å². The van der Waals surface area contributed by atoms with Crippen molar-refractivity contribution >= 4 is 23.2 Å². The minimum atomic E-state index is -0.466. The average Bonchev–Trinajstić information content (AvgIpc) is 2.65. The Morgan fingerprint density at radius 3 is 2.71 bits per heavy atom. The molecule has 2 rings (SSSR count). The van der Waals surface area contributed by atoms with E-state index in [1.54, 1.807) is 18.2 Å². The topological polar surface area (TPSA) is 47.2 Å². The molecule has 0 saturated carbocycles. The summed E-state index contributed by atoms with van der Waals surface area (Å²) in [6, 6.07) is 4.64. The quantitative estimate of drug-likeness (QED) is 0.694. The van der Waals surface area contributed by atoms with Crippen molar-refractivity contribution in [1.82, 2.24) is 9.13 Å². The second-order valence-corrected chi connectivity index (χ2v) is 5.11. The third kappa shape index (κ3) is 2.71. The predicted octanol–water partition coefficient (Wildman–Crippen LogP) is 3.01. The highest BCUT2D eigenvalue weighted by Gasteiger charge is 2.20. The molecule has 1 N–H and O–H groups in total. The molecule has 0 unspecified atom stereocenters. The van der Waals surface area contributed by atoms with Crippen LogP contribution in [0.1, 0.15) is 5.69 Å². The first-order valence-corrected chi connectivity index (χ1v) is 6.80. The summed E-state index contributed by atoms with van der Waals surface area (Å²) in [6.07, 6.45) is 7.16. The molecule has 0 aliphatic carbocycles. The van der Waals surface area contributed by atoms with Crippen LogP contribution in [0.2, 0.25) is 10.0 Å². The Kier molecular flexibility index (Phi) is 4.46. The SMILES string of the molecule is C#CCn1c(CC=C)c(O)n(-c2ccc(Cl)cc2Cl)c1=O. The van der Waals surface area contributed by atoms with Gasteiger partial charge in [0.15, 0.2) is 0 Å². The number of aromatic nitrogens is 2. The van der Waals surface area contributed by atoms with E-state index in [0.717, 1.165) is 4.57 Å². The molecule has 0 atom stereocenters. The van der Waals surface area contributed by atoms with Crippen LogP contribution in [0.15, 0.2) is 35.6 Å². The van der Waals surface area contributed by atoms with Gasteiger partial charge in [-0.25, -0.2) is 9.36 Å². The Morgan fingerprint density at radius 2 is 2.14 bits per heavy atom. The van der Waals surface area contributed by atoms with Crippen LogP contribution in [0.5, 0.6) is 5.88 Å². The molecule has 108 valence electrons. The lowest BCUT2D eigenvalue weighted by Gasteiger charge is -2.06. The first-order valence-electron chi connectivity index (χ1n) is 6.04. The van der Waals surface area contributed by atoms with Crippen LogP contribution in [0, 0.1) is 12.3 Å². The molecule has 1 aromatic heterocycles. The highest BCUT2D eigenvalue weighted by molar-refractivity contribution is 6.35. The number of hydrogen-bond donors (Lipinski definition) is 1. The first kappa shape index (κ1) is 15.3. The second kappa shape index (κ2) is 6.13. The number of terminal acetylenes is 1. The molecule has 4 nitrogen and oxygen atoms in total. The summed E-state index contributed by atoms with van der Waals surface area (Å²) in [5.41, 5.74) is 0.259. The van der Waals surface area contributed by atoms with Gasteiger partial charge in [-0.2, -0.15) is 0 Å². The fourth-order valence-corrected chi connectivity index (χ4v) is 2.54. The number of imidazole rings is 1. The standard InChI is InChI=1S/C15H12Cl2N2O2/c1-3-5-13-14(20)19(15(21)18(13)8-4-2)12-7-6-10(16)9-11(12)17/h2-3,6-7,9,20H,1,5,8H2. The predicted molar refractivity (Wildman–Crippen MR) is 84.4 cm³/mol. The molecule has 1 heterocycles. The molecule has 1 aromatic carbocycles. The number of hydrogen-bond acceptors (Lipinski definition) is 2. The van der Waals surface area contributed by atoms with Gasteiger partial charge in [-0.3, -0.25) is 4.57 Å². The van der Waals surface area contributed by atoms with E-state index in [1.165, 1.54) is 10.6 Å². The monoisotopic (exact) mass is 322 g/mol. The fourth-order valence-electron chi connectivity index (χ4n) is 2.05. The summed E-state index contributed by atoms with van der Waals surface area (Å²) in [7, 11) is 0. The van der Waals surface area contributed by atoms with E-state index >= 15 is 0 Å². The summed E-state index contributed by atoms with van der Waals surface area (Å²) in [5.74, 6) is 2.18. The Labute approximate surface area is 131 Å². The summed E-state index contributed by atoms with van der Waals surface area (Å²) >= 11 is 11.9. The van der Waals surface area contributed by atoms with Crippen molar-refractivity contribution in [3.8, 4) is 23.9 Å². The molecular weight excluding hydrogens is 311 g/mol. The number of nitrogens with zero attached hydrogens (tertiary/aromatic N) is 2. The van der Waals surface area contributed by atoms with Crippen molar-refractivity contribution in [1.29, 1.82) is 0 Å². The lowest BCUT2D eigenvalue weighted by molar-refractivity contribution is 0.435. The Morgan fingerprint density at radius 1 is 1.43 bits per heavy atom. The molecule has 0 amide bonds. The van der Waals surface area contributed by atoms with Crippen LogP contribution in [-0.4, -0.2) is 14.2 Å². The van der Waals surface area contributed by atoms with E-state index in [9.17, 15) is 9.90 Å². The van der Waals surface area contributed by atoms with E-state index < -0.39 is 5.69 Å². The third-order valence-electron chi connectivity index (χ3n) is 2.96. The van der Waals surface area contributed by atoms with Crippen LogP contribution in [0.4, 0.5) is 0 Å². The van der Waals surface area contributed by atoms with E-state index in [4.69, 9.17) is 29.6 Å². The highest BCUT2D eigenvalue weighted by atomic mass is 35.5. The smallest absolute Gasteiger partial charge is 0.336 e. The van der Waals surface area contributed by atoms with Gasteiger partial charge >= 0.3 is 5.69 Å². The Bertz CT molecular complexity index is 797. The summed E-state index contributed by atoms with van der Waals surface area (Å²) in [4.78, 5) is 12.5. The highest BCUT2D eigenvalue weighted by Crippen LogP contribution is 2.28. The van der Waals surface area contributed by atoms with Crippen molar-refractivity contribution in [3.05, 3.63) is 57.1 Å². The molecule has 6 heteroatoms. The van der Waals surface area contributed by atoms with E-state index in [1.807, 2.05) is 0 Å². The van der Waals surface area contributed by atoms with Gasteiger partial charge in [-0.05, 0) is 18.2 Å². The summed E-state index contributed by atoms with van der Waals surface area (Å²) < 4.78 is 2.41. The van der Waals surface area contributed by atoms with Gasteiger partial charge in [-0.1, -0.05) is 35.2 Å². The normalized spacial score (nSPS) is 10.3. The van der Waals surface area contributed by atoms with E-state index in [2.05, 4.69) is 12.5 Å². The van der Waals surface area contributed by atoms with Crippen LogP contribution in [0.25, 0.3) is 5.69 Å². The summed E-state index contributed by atoms with van der Waals surface area (Å²) in [6.45, 7) is 3.66. The third-order valence-corrected chi connectivity index (χ3v) is 3.49. The Balaban J connectivity index is 2.75. The Hall–Kier alpha value is -2.09. The van der Waals surface area contributed by atoms with Gasteiger partial charge in [0.2, 0.25) is 5.88 Å². The van der Waals surface area contributed by atoms with Gasteiger partial charge in [0, 0.05) is 11.4 Å². The number of allylic oxidation sites excluding steroid dienone is 1. The molecule has 0 saturated heterocycles. The van der Waals surface area contributed by atoms with Crippen molar-refractivity contribution in [2.24, 2.45) is 0 Å². The zero-order valence-corrected chi connectivity index (χ0v) is 12.5. The molecule has 0 fully saturated rings. The van der Waals surface area contributed by atoms with Crippen LogP contribution < -0.4 is 5.69 Å². The van der Waals surface area contributed by atoms with Crippen LogP contribution in [0.3, 0.4) is 0 Å². The number of aromatic hydroxyl groups is 1. The van der Waals surface area contributed by atoms with Gasteiger partial charge in [-0.15, -0.1) is 13.0 Å². The zero-order chi connectivity index (χ0) is 15.6. The minimum Gasteiger partial charge on any atom is -0.493 e. The van der Waals surface area contributed by atoms with E-state index in [0.29, 0.717) is 22.8 Å². The second-order valence-electron chi connectivity index (χ2n) is 4.27. The van der Waals surface area contributed by atoms with Crippen LogP contribution in [-0.2, 0) is 13.0 Å². The largest absolute Gasteiger partial charge is 0.493 e. The maximum Gasteiger partial charge on any atom is 0.336 e. The zero-order valence-electron chi connectivity index (χ0n) is 11.0. The molecule has 0 aliphatic heterocycles. The number of halogens is 2. The van der Waals surface area contributed by atoms with Crippen molar-refractivity contribution in [3.63, 3.8) is 0 Å².